The molecule has 0 heterocycles. The van der Waals surface area contributed by atoms with Gasteiger partial charge in [-0.3, -0.25) is 4.79 Å². The molecule has 25 heavy (non-hydrogen) atoms. The third-order valence-corrected chi connectivity index (χ3v) is 5.94. The van der Waals surface area contributed by atoms with E-state index < -0.39 is 0 Å². The van der Waals surface area contributed by atoms with Gasteiger partial charge in [-0.25, -0.2) is 4.79 Å². The van der Waals surface area contributed by atoms with E-state index in [1.54, 1.807) is 0 Å². The lowest BCUT2D eigenvalue weighted by atomic mass is 9.74. The summed E-state index contributed by atoms with van der Waals surface area (Å²) in [6.07, 6.45) is 3.42. The average molecular weight is 364 g/mol. The number of primary amides is 1. The van der Waals surface area contributed by atoms with E-state index >= 15 is 0 Å². The number of thioether (sulfide) groups is 1. The third-order valence-electron chi connectivity index (χ3n) is 4.84. The van der Waals surface area contributed by atoms with Gasteiger partial charge in [0.1, 0.15) is 0 Å². The Morgan fingerprint density at radius 2 is 2.00 bits per heavy atom. The Morgan fingerprint density at radius 3 is 2.68 bits per heavy atom. The lowest BCUT2D eigenvalue weighted by molar-refractivity contribution is -0.115. The fraction of sp³-hybridized carbons (Fsp3) is 0.579. The Balaban J connectivity index is 2.00. The number of amides is 3. The monoisotopic (exact) mass is 363 g/mol. The largest absolute Gasteiger partial charge is 0.369 e. The zero-order valence-electron chi connectivity index (χ0n) is 15.2. The van der Waals surface area contributed by atoms with E-state index in [2.05, 4.69) is 31.4 Å². The van der Waals surface area contributed by atoms with Crippen LogP contribution in [0.25, 0.3) is 0 Å². The molecule has 1 aliphatic rings. The minimum atomic E-state index is -0.375. The quantitative estimate of drug-likeness (QED) is 0.671. The molecular formula is C19H29N3O2S. The molecule has 0 radical (unpaired) electrons. The van der Waals surface area contributed by atoms with Gasteiger partial charge in [0.05, 0.1) is 11.4 Å². The molecule has 3 amide bonds. The molecule has 1 aromatic carbocycles. The van der Waals surface area contributed by atoms with Gasteiger partial charge in [-0.15, -0.1) is 11.8 Å². The Kier molecular flexibility index (Phi) is 7.17. The Labute approximate surface area is 154 Å². The van der Waals surface area contributed by atoms with Gasteiger partial charge in [-0.1, -0.05) is 39.3 Å². The topological polar surface area (TPSA) is 84.2 Å². The Hall–Kier alpha value is -1.69. The normalized spacial score (nSPS) is 23.3. The standard InChI is InChI=1S/C19H29N3O2S/c1-12(2)14-9-8-13(3)10-16(14)22-19(24)21-15-6-4-5-7-17(15)25-11-18(20)23/h4-7,12-14,16H,8-11H2,1-3H3,(H2,20,23)(H2,21,22,24)/t13-,14+,16-/m1/s1. The fourth-order valence-electron chi connectivity index (χ4n) is 3.54. The molecule has 0 spiro atoms. The second-order valence-electron chi connectivity index (χ2n) is 7.28. The van der Waals surface area contributed by atoms with E-state index in [1.807, 2.05) is 24.3 Å². The maximum Gasteiger partial charge on any atom is 0.319 e. The van der Waals surface area contributed by atoms with Crippen LogP contribution in [0.5, 0.6) is 0 Å². The number of carbonyl (C=O) groups excluding carboxylic acids is 2. The van der Waals surface area contributed by atoms with Crippen molar-refractivity contribution in [3.05, 3.63) is 24.3 Å². The Morgan fingerprint density at radius 1 is 1.28 bits per heavy atom. The molecule has 1 aliphatic carbocycles. The van der Waals surface area contributed by atoms with E-state index in [9.17, 15) is 9.59 Å². The predicted molar refractivity (Wildman–Crippen MR) is 104 cm³/mol. The molecule has 0 aliphatic heterocycles. The van der Waals surface area contributed by atoms with Crippen molar-refractivity contribution < 1.29 is 9.59 Å². The van der Waals surface area contributed by atoms with E-state index in [0.29, 0.717) is 23.4 Å². The SMILES string of the molecule is CC(C)[C@@H]1CC[C@@H](C)C[C@H]1NC(=O)Nc1ccccc1SCC(N)=O. The number of carbonyl (C=O) groups is 2. The van der Waals surface area contributed by atoms with Crippen LogP contribution in [0.3, 0.4) is 0 Å². The van der Waals surface area contributed by atoms with Crippen LogP contribution in [0.15, 0.2) is 29.2 Å². The van der Waals surface area contributed by atoms with E-state index in [0.717, 1.165) is 17.7 Å². The Bertz CT molecular complexity index is 606. The van der Waals surface area contributed by atoms with Crippen molar-refractivity contribution in [1.82, 2.24) is 5.32 Å². The van der Waals surface area contributed by atoms with Crippen LogP contribution in [0.2, 0.25) is 0 Å². The van der Waals surface area contributed by atoms with Gasteiger partial charge in [-0.2, -0.15) is 0 Å². The van der Waals surface area contributed by atoms with Crippen molar-refractivity contribution in [2.75, 3.05) is 11.1 Å². The van der Waals surface area contributed by atoms with Crippen molar-refractivity contribution in [2.24, 2.45) is 23.5 Å². The number of hydrogen-bond acceptors (Lipinski definition) is 3. The summed E-state index contributed by atoms with van der Waals surface area (Å²) in [5, 5.41) is 6.10. The first-order valence-electron chi connectivity index (χ1n) is 8.94. The predicted octanol–water partition coefficient (Wildman–Crippen LogP) is 3.85. The summed E-state index contributed by atoms with van der Waals surface area (Å²) in [7, 11) is 0. The molecule has 5 nitrogen and oxygen atoms in total. The van der Waals surface area contributed by atoms with Crippen LogP contribution in [0.1, 0.15) is 40.0 Å². The van der Waals surface area contributed by atoms with Crippen molar-refractivity contribution in [3.63, 3.8) is 0 Å². The van der Waals surface area contributed by atoms with Gasteiger partial charge in [0.15, 0.2) is 0 Å². The highest BCUT2D eigenvalue weighted by Gasteiger charge is 2.31. The number of urea groups is 1. The summed E-state index contributed by atoms with van der Waals surface area (Å²) >= 11 is 1.33. The molecule has 1 aromatic rings. The lowest BCUT2D eigenvalue weighted by Crippen LogP contribution is -2.47. The molecule has 1 fully saturated rings. The summed E-state index contributed by atoms with van der Waals surface area (Å²) in [6.45, 7) is 6.70. The number of rotatable bonds is 6. The van der Waals surface area contributed by atoms with Crippen LogP contribution in [-0.4, -0.2) is 23.7 Å². The minimum Gasteiger partial charge on any atom is -0.369 e. The lowest BCUT2D eigenvalue weighted by Gasteiger charge is -2.37. The van der Waals surface area contributed by atoms with Gasteiger partial charge in [0.2, 0.25) is 5.91 Å². The van der Waals surface area contributed by atoms with E-state index in [4.69, 9.17) is 5.73 Å². The molecule has 2 rings (SSSR count). The molecule has 0 saturated heterocycles. The second-order valence-corrected chi connectivity index (χ2v) is 8.30. The number of para-hydroxylation sites is 1. The number of nitrogens with one attached hydrogen (secondary N) is 2. The van der Waals surface area contributed by atoms with Crippen LogP contribution in [0, 0.1) is 17.8 Å². The molecule has 0 unspecified atom stereocenters. The maximum atomic E-state index is 12.5. The van der Waals surface area contributed by atoms with Crippen LogP contribution in [-0.2, 0) is 4.79 Å². The summed E-state index contributed by atoms with van der Waals surface area (Å²) in [5.74, 6) is 1.52. The van der Waals surface area contributed by atoms with Gasteiger partial charge in [0, 0.05) is 10.9 Å². The summed E-state index contributed by atoms with van der Waals surface area (Å²) in [5.41, 5.74) is 5.92. The molecule has 3 atom stereocenters. The number of nitrogens with two attached hydrogens (primary N) is 1. The second kappa shape index (κ2) is 9.13. The third kappa shape index (κ3) is 5.96. The number of benzene rings is 1. The van der Waals surface area contributed by atoms with E-state index in [1.165, 1.54) is 18.2 Å². The van der Waals surface area contributed by atoms with Gasteiger partial charge in [0.25, 0.3) is 0 Å². The number of hydrogen-bond donors (Lipinski definition) is 3. The summed E-state index contributed by atoms with van der Waals surface area (Å²) in [6, 6.07) is 7.48. The highest BCUT2D eigenvalue weighted by Crippen LogP contribution is 2.33. The van der Waals surface area contributed by atoms with Crippen LogP contribution >= 0.6 is 11.8 Å². The van der Waals surface area contributed by atoms with Crippen LogP contribution < -0.4 is 16.4 Å². The first-order valence-corrected chi connectivity index (χ1v) is 9.93. The first kappa shape index (κ1) is 19.6. The highest BCUT2D eigenvalue weighted by atomic mass is 32.2. The van der Waals surface area contributed by atoms with Crippen molar-refractivity contribution >= 4 is 29.4 Å². The van der Waals surface area contributed by atoms with Crippen molar-refractivity contribution in [1.29, 1.82) is 0 Å². The van der Waals surface area contributed by atoms with Crippen LogP contribution in [0.4, 0.5) is 10.5 Å². The molecule has 0 aromatic heterocycles. The molecule has 1 saturated carbocycles. The molecule has 138 valence electrons. The number of anilines is 1. The fourth-order valence-corrected chi connectivity index (χ4v) is 4.29. The molecule has 4 N–H and O–H groups in total. The van der Waals surface area contributed by atoms with Gasteiger partial charge in [-0.05, 0) is 42.7 Å². The summed E-state index contributed by atoms with van der Waals surface area (Å²) in [4.78, 5) is 24.4. The first-order chi connectivity index (χ1) is 11.9. The zero-order valence-corrected chi connectivity index (χ0v) is 16.1. The highest BCUT2D eigenvalue weighted by molar-refractivity contribution is 8.00. The molecule has 6 heteroatoms. The van der Waals surface area contributed by atoms with E-state index in [-0.39, 0.29) is 23.7 Å². The average Bonchev–Trinajstić information content (AvgIpc) is 2.53. The van der Waals surface area contributed by atoms with Crippen molar-refractivity contribution in [2.45, 2.75) is 51.0 Å². The smallest absolute Gasteiger partial charge is 0.319 e. The van der Waals surface area contributed by atoms with Crippen molar-refractivity contribution in [3.8, 4) is 0 Å². The minimum absolute atomic E-state index is 0.183. The molecular weight excluding hydrogens is 334 g/mol. The summed E-state index contributed by atoms with van der Waals surface area (Å²) < 4.78 is 0. The zero-order chi connectivity index (χ0) is 18.4. The van der Waals surface area contributed by atoms with Gasteiger partial charge >= 0.3 is 6.03 Å². The van der Waals surface area contributed by atoms with Gasteiger partial charge < -0.3 is 16.4 Å². The maximum absolute atomic E-state index is 12.5. The molecule has 0 bridgehead atoms.